The van der Waals surface area contributed by atoms with Crippen LogP contribution in [0.3, 0.4) is 0 Å². The van der Waals surface area contributed by atoms with Gasteiger partial charge >= 0.3 is 5.97 Å². The van der Waals surface area contributed by atoms with Gasteiger partial charge in [0.05, 0.1) is 6.61 Å². The summed E-state index contributed by atoms with van der Waals surface area (Å²) in [5.74, 6) is -1.10. The molecule has 0 aliphatic rings. The number of nitrogens with one attached hydrogen (secondary N) is 1. The van der Waals surface area contributed by atoms with Crippen molar-refractivity contribution in [3.05, 3.63) is 67.6 Å². The summed E-state index contributed by atoms with van der Waals surface area (Å²) in [5, 5.41) is 16.1. The van der Waals surface area contributed by atoms with E-state index in [1.807, 2.05) is 47.8 Å². The van der Waals surface area contributed by atoms with Crippen molar-refractivity contribution in [1.29, 1.82) is 5.26 Å². The predicted molar refractivity (Wildman–Crippen MR) is 120 cm³/mol. The Labute approximate surface area is 184 Å². The van der Waals surface area contributed by atoms with Crippen molar-refractivity contribution < 1.29 is 14.3 Å². The first-order chi connectivity index (χ1) is 14.0. The number of carbonyl (C=O) groups excluding carboxylic acids is 2. The fourth-order valence-electron chi connectivity index (χ4n) is 2.53. The van der Waals surface area contributed by atoms with E-state index in [1.165, 1.54) is 28.7 Å². The van der Waals surface area contributed by atoms with Crippen LogP contribution in [0.2, 0.25) is 0 Å². The lowest BCUT2D eigenvalue weighted by Gasteiger charge is -2.08. The molecule has 8 heteroatoms. The molecule has 0 aliphatic carbocycles. The Hall–Kier alpha value is -2.73. The molecule has 146 valence electrons. The van der Waals surface area contributed by atoms with Crippen LogP contribution >= 0.6 is 38.6 Å². The molecular formula is C21H15BrN2O3S2. The van der Waals surface area contributed by atoms with Crippen LogP contribution < -0.4 is 5.32 Å². The molecule has 1 aromatic carbocycles. The molecule has 0 bridgehead atoms. The molecular weight excluding hydrogens is 472 g/mol. The van der Waals surface area contributed by atoms with E-state index in [0.29, 0.717) is 10.6 Å². The van der Waals surface area contributed by atoms with Crippen LogP contribution in [0.25, 0.3) is 17.2 Å². The first-order valence-corrected chi connectivity index (χ1v) is 11.1. The van der Waals surface area contributed by atoms with Crippen LogP contribution in [0.15, 0.2) is 57.2 Å². The van der Waals surface area contributed by atoms with Gasteiger partial charge in [-0.1, -0.05) is 34.1 Å². The summed E-state index contributed by atoms with van der Waals surface area (Å²) < 4.78 is 6.11. The van der Waals surface area contributed by atoms with E-state index in [9.17, 15) is 14.9 Å². The van der Waals surface area contributed by atoms with E-state index in [-0.39, 0.29) is 17.7 Å². The summed E-state index contributed by atoms with van der Waals surface area (Å²) in [7, 11) is 0. The van der Waals surface area contributed by atoms with Gasteiger partial charge in [0.2, 0.25) is 0 Å². The minimum Gasteiger partial charge on any atom is -0.462 e. The molecule has 0 fully saturated rings. The molecule has 29 heavy (non-hydrogen) atoms. The number of hydrogen-bond acceptors (Lipinski definition) is 6. The van der Waals surface area contributed by atoms with E-state index < -0.39 is 11.9 Å². The highest BCUT2D eigenvalue weighted by atomic mass is 79.9. The molecule has 0 unspecified atom stereocenters. The molecule has 3 aromatic rings. The topological polar surface area (TPSA) is 79.2 Å². The maximum Gasteiger partial charge on any atom is 0.341 e. The fourth-order valence-corrected chi connectivity index (χ4v) is 4.41. The number of thiophene rings is 2. The lowest BCUT2D eigenvalue weighted by molar-refractivity contribution is -0.112. The molecule has 0 atom stereocenters. The van der Waals surface area contributed by atoms with Gasteiger partial charge in [0.15, 0.2) is 0 Å². The van der Waals surface area contributed by atoms with Crippen LogP contribution in [0.5, 0.6) is 0 Å². The standard InChI is InChI=1S/C21H15BrN2O3S2/c1-2-27-21(26)18-17(13-5-7-15(22)8-6-13)12-29-20(18)24-19(25)14(11-23)10-16-4-3-9-28-16/h3-10,12H,2H2,1H3,(H,24,25). The molecule has 0 saturated heterocycles. The Kier molecular flexibility index (Phi) is 6.99. The molecule has 0 radical (unpaired) electrons. The number of ether oxygens (including phenoxy) is 1. The zero-order valence-corrected chi connectivity index (χ0v) is 18.5. The summed E-state index contributed by atoms with van der Waals surface area (Å²) >= 11 is 6.03. The van der Waals surface area contributed by atoms with Gasteiger partial charge in [-0.2, -0.15) is 5.26 Å². The van der Waals surface area contributed by atoms with Crippen molar-refractivity contribution in [3.8, 4) is 17.2 Å². The number of hydrogen-bond donors (Lipinski definition) is 1. The van der Waals surface area contributed by atoms with Gasteiger partial charge in [-0.15, -0.1) is 22.7 Å². The van der Waals surface area contributed by atoms with Crippen molar-refractivity contribution in [2.45, 2.75) is 6.92 Å². The summed E-state index contributed by atoms with van der Waals surface area (Å²) in [6, 6.07) is 13.1. The first-order valence-electron chi connectivity index (χ1n) is 8.54. The number of amides is 1. The van der Waals surface area contributed by atoms with Gasteiger partial charge in [-0.05, 0) is 42.1 Å². The highest BCUT2D eigenvalue weighted by molar-refractivity contribution is 9.10. The van der Waals surface area contributed by atoms with Crippen molar-refractivity contribution in [3.63, 3.8) is 0 Å². The molecule has 5 nitrogen and oxygen atoms in total. The first kappa shape index (κ1) is 21.0. The van der Waals surface area contributed by atoms with E-state index in [1.54, 1.807) is 12.3 Å². The van der Waals surface area contributed by atoms with E-state index in [4.69, 9.17) is 4.74 Å². The van der Waals surface area contributed by atoms with E-state index in [2.05, 4.69) is 21.2 Å². The maximum absolute atomic E-state index is 12.6. The Balaban J connectivity index is 1.96. The number of esters is 1. The average molecular weight is 487 g/mol. The Morgan fingerprint density at radius 1 is 1.24 bits per heavy atom. The number of benzene rings is 1. The highest BCUT2D eigenvalue weighted by Crippen LogP contribution is 2.37. The molecule has 3 rings (SSSR count). The van der Waals surface area contributed by atoms with Crippen LogP contribution in [0.1, 0.15) is 22.2 Å². The van der Waals surface area contributed by atoms with Crippen LogP contribution in [-0.4, -0.2) is 18.5 Å². The number of carbonyl (C=O) groups is 2. The van der Waals surface area contributed by atoms with Gasteiger partial charge in [0, 0.05) is 20.3 Å². The normalized spacial score (nSPS) is 11.0. The summed E-state index contributed by atoms with van der Waals surface area (Å²) in [6.45, 7) is 1.93. The number of nitrogens with zero attached hydrogens (tertiary/aromatic N) is 1. The molecule has 1 N–H and O–H groups in total. The number of anilines is 1. The molecule has 0 saturated carbocycles. The SMILES string of the molecule is CCOC(=O)c1c(-c2ccc(Br)cc2)csc1NC(=O)C(C#N)=Cc1cccs1. The van der Waals surface area contributed by atoms with Crippen molar-refractivity contribution >= 4 is 61.6 Å². The summed E-state index contributed by atoms with van der Waals surface area (Å²) in [4.78, 5) is 26.1. The van der Waals surface area contributed by atoms with E-state index in [0.717, 1.165) is 14.9 Å². The Bertz CT molecular complexity index is 1090. The van der Waals surface area contributed by atoms with Crippen molar-refractivity contribution in [1.82, 2.24) is 0 Å². The zero-order chi connectivity index (χ0) is 20.8. The number of nitriles is 1. The minimum absolute atomic E-state index is 0.0409. The van der Waals surface area contributed by atoms with Crippen LogP contribution in [0, 0.1) is 11.3 Å². The quantitative estimate of drug-likeness (QED) is 0.264. The van der Waals surface area contributed by atoms with Gasteiger partial charge < -0.3 is 10.1 Å². The number of rotatable bonds is 6. The monoisotopic (exact) mass is 486 g/mol. The van der Waals surface area contributed by atoms with Crippen LogP contribution in [0.4, 0.5) is 5.00 Å². The molecule has 2 heterocycles. The zero-order valence-electron chi connectivity index (χ0n) is 15.3. The third-order valence-corrected chi connectivity index (χ3v) is 6.09. The van der Waals surface area contributed by atoms with Crippen molar-refractivity contribution in [2.24, 2.45) is 0 Å². The second-order valence-corrected chi connectivity index (χ2v) is 8.49. The molecule has 2 aromatic heterocycles. The maximum atomic E-state index is 12.6. The van der Waals surface area contributed by atoms with Gasteiger partial charge in [0.1, 0.15) is 22.2 Å². The van der Waals surface area contributed by atoms with E-state index >= 15 is 0 Å². The third-order valence-electron chi connectivity index (χ3n) is 3.85. The van der Waals surface area contributed by atoms with Gasteiger partial charge in [-0.25, -0.2) is 4.79 Å². The average Bonchev–Trinajstić information content (AvgIpc) is 3.36. The van der Waals surface area contributed by atoms with Crippen molar-refractivity contribution in [2.75, 3.05) is 11.9 Å². The fraction of sp³-hybridized carbons (Fsp3) is 0.0952. The largest absolute Gasteiger partial charge is 0.462 e. The molecule has 1 amide bonds. The highest BCUT2D eigenvalue weighted by Gasteiger charge is 2.23. The Morgan fingerprint density at radius 3 is 2.62 bits per heavy atom. The Morgan fingerprint density at radius 2 is 2.00 bits per heavy atom. The van der Waals surface area contributed by atoms with Crippen LogP contribution in [-0.2, 0) is 9.53 Å². The lowest BCUT2D eigenvalue weighted by atomic mass is 10.0. The summed E-state index contributed by atoms with van der Waals surface area (Å²) in [5.41, 5.74) is 1.72. The second kappa shape index (κ2) is 9.65. The second-order valence-electron chi connectivity index (χ2n) is 5.72. The predicted octanol–water partition coefficient (Wildman–Crippen LogP) is 5.96. The molecule has 0 spiro atoms. The molecule has 0 aliphatic heterocycles. The minimum atomic E-state index is -0.573. The summed E-state index contributed by atoms with van der Waals surface area (Å²) in [6.07, 6.45) is 1.52. The van der Waals surface area contributed by atoms with Gasteiger partial charge in [0.25, 0.3) is 5.91 Å². The lowest BCUT2D eigenvalue weighted by Crippen LogP contribution is -2.16. The number of halogens is 1. The van der Waals surface area contributed by atoms with Gasteiger partial charge in [-0.3, -0.25) is 4.79 Å². The third kappa shape index (κ3) is 5.01. The smallest absolute Gasteiger partial charge is 0.341 e.